The van der Waals surface area contributed by atoms with Crippen molar-refractivity contribution in [2.75, 3.05) is 0 Å². The first-order chi connectivity index (χ1) is 19.9. The summed E-state index contributed by atoms with van der Waals surface area (Å²) >= 11 is 7.39. The van der Waals surface area contributed by atoms with Gasteiger partial charge in [-0.2, -0.15) is 0 Å². The first-order valence-electron chi connectivity index (χ1n) is 15.8. The van der Waals surface area contributed by atoms with Crippen molar-refractivity contribution in [1.82, 2.24) is 19.9 Å². The first-order valence-corrected chi connectivity index (χ1v) is 16.2. The van der Waals surface area contributed by atoms with Crippen LogP contribution in [-0.4, -0.2) is 19.9 Å². The minimum Gasteiger partial charge on any atom is -0.354 e. The van der Waals surface area contributed by atoms with Crippen LogP contribution in [0, 0.1) is 0 Å². The second-order valence-corrected chi connectivity index (χ2v) is 11.3. The molecule has 0 unspecified atom stereocenters. The maximum Gasteiger partial charge on any atom is 0.0903 e. The zero-order valence-electron chi connectivity index (χ0n) is 26.2. The largest absolute Gasteiger partial charge is 0.354 e. The molecule has 5 rings (SSSR count). The number of halogens is 1. The number of rotatable bonds is 8. The van der Waals surface area contributed by atoms with Crippen molar-refractivity contribution < 1.29 is 0 Å². The summed E-state index contributed by atoms with van der Waals surface area (Å²) in [6, 6.07) is 2.19. The van der Waals surface area contributed by atoms with Gasteiger partial charge in [-0.05, 0) is 103 Å². The number of aromatic amines is 2. The highest BCUT2D eigenvalue weighted by atomic mass is 35.5. The van der Waals surface area contributed by atoms with E-state index >= 15 is 0 Å². The summed E-state index contributed by atoms with van der Waals surface area (Å²) in [7, 11) is 0. The van der Waals surface area contributed by atoms with E-state index in [2.05, 4.69) is 83.6 Å². The van der Waals surface area contributed by atoms with Crippen LogP contribution in [0.3, 0.4) is 0 Å². The van der Waals surface area contributed by atoms with Crippen LogP contribution in [0.15, 0.2) is 6.07 Å². The molecule has 0 atom stereocenters. The number of aromatic nitrogens is 4. The Kier molecular flexibility index (Phi) is 8.61. The molecule has 0 fully saturated rings. The predicted molar refractivity (Wildman–Crippen MR) is 179 cm³/mol. The Morgan fingerprint density at radius 3 is 1.63 bits per heavy atom. The molecule has 0 aromatic carbocycles. The van der Waals surface area contributed by atoms with Gasteiger partial charge >= 0.3 is 0 Å². The van der Waals surface area contributed by atoms with E-state index < -0.39 is 0 Å². The number of aryl methyl sites for hydroxylation is 6. The number of hydrogen-bond donors (Lipinski definition) is 2. The van der Waals surface area contributed by atoms with E-state index in [9.17, 15) is 0 Å². The maximum atomic E-state index is 7.39. The van der Waals surface area contributed by atoms with Gasteiger partial charge in [-0.15, -0.1) is 0 Å². The number of allylic oxidation sites excluding steroid dienone is 2. The highest BCUT2D eigenvalue weighted by Gasteiger charge is 2.26. The number of hydrogen-bond acceptors (Lipinski definition) is 2. The Bertz CT molecular complexity index is 1730. The molecule has 2 aliphatic rings. The molecule has 2 aliphatic heterocycles. The van der Waals surface area contributed by atoms with E-state index in [0.29, 0.717) is 0 Å². The summed E-state index contributed by atoms with van der Waals surface area (Å²) < 4.78 is 0. The maximum absolute atomic E-state index is 7.39. The molecule has 0 spiro atoms. The highest BCUT2D eigenvalue weighted by molar-refractivity contribution is 6.36. The van der Waals surface area contributed by atoms with E-state index in [-0.39, 0.29) is 0 Å². The van der Waals surface area contributed by atoms with Crippen LogP contribution in [-0.2, 0) is 38.5 Å². The Labute approximate surface area is 250 Å². The summed E-state index contributed by atoms with van der Waals surface area (Å²) in [5.41, 5.74) is 19.2. The monoisotopic (exact) mass is 568 g/mol. The van der Waals surface area contributed by atoms with Crippen molar-refractivity contribution in [3.05, 3.63) is 67.2 Å². The van der Waals surface area contributed by atoms with Crippen molar-refractivity contribution in [2.24, 2.45) is 0 Å². The molecular weight excluding hydrogens is 524 g/mol. The number of nitrogens with zero attached hydrogens (tertiary/aromatic N) is 2. The lowest BCUT2D eigenvalue weighted by Gasteiger charge is -2.08. The normalized spacial score (nSPS) is 13.1. The van der Waals surface area contributed by atoms with Crippen molar-refractivity contribution in [2.45, 2.75) is 107 Å². The van der Waals surface area contributed by atoms with Crippen LogP contribution >= 0.6 is 11.6 Å². The van der Waals surface area contributed by atoms with E-state index in [1.54, 1.807) is 0 Å². The molecular formula is C36H45ClN4. The second-order valence-electron chi connectivity index (χ2n) is 11.0. The molecule has 216 valence electrons. The summed E-state index contributed by atoms with van der Waals surface area (Å²) in [6.07, 6.45) is 11.7. The molecule has 3 aromatic heterocycles. The highest BCUT2D eigenvalue weighted by Crippen LogP contribution is 2.42. The Morgan fingerprint density at radius 2 is 1.07 bits per heavy atom. The zero-order chi connectivity index (χ0) is 29.4. The van der Waals surface area contributed by atoms with Gasteiger partial charge in [-0.3, -0.25) is 0 Å². The fourth-order valence-electron chi connectivity index (χ4n) is 7.14. The van der Waals surface area contributed by atoms with Gasteiger partial charge in [0.25, 0.3) is 0 Å². The topological polar surface area (TPSA) is 57.4 Å². The molecule has 0 amide bonds. The summed E-state index contributed by atoms with van der Waals surface area (Å²) in [6.45, 7) is 18.0. The zero-order valence-corrected chi connectivity index (χ0v) is 26.9. The van der Waals surface area contributed by atoms with Crippen LogP contribution in [0.2, 0.25) is 5.02 Å². The Morgan fingerprint density at radius 1 is 0.537 bits per heavy atom. The molecule has 0 aliphatic carbocycles. The third-order valence-electron chi connectivity index (χ3n) is 9.04. The fourth-order valence-corrected chi connectivity index (χ4v) is 7.46. The average molecular weight is 569 g/mol. The molecule has 41 heavy (non-hydrogen) atoms. The van der Waals surface area contributed by atoms with Gasteiger partial charge in [-0.1, -0.05) is 67.0 Å². The summed E-state index contributed by atoms with van der Waals surface area (Å²) in [4.78, 5) is 18.3. The molecule has 5 heteroatoms. The summed E-state index contributed by atoms with van der Waals surface area (Å²) in [5, 5.41) is 0.728. The van der Waals surface area contributed by atoms with Crippen LogP contribution in [0.25, 0.3) is 45.4 Å². The van der Waals surface area contributed by atoms with E-state index in [4.69, 9.17) is 21.6 Å². The minimum atomic E-state index is 0.728. The quantitative estimate of drug-likeness (QED) is 0.222. The van der Waals surface area contributed by atoms with Crippen molar-refractivity contribution >= 4 is 57.0 Å². The van der Waals surface area contributed by atoms with Crippen LogP contribution in [0.1, 0.15) is 124 Å². The lowest BCUT2D eigenvalue weighted by atomic mass is 9.95. The van der Waals surface area contributed by atoms with Crippen molar-refractivity contribution in [3.8, 4) is 0 Å². The lowest BCUT2D eigenvalue weighted by Crippen LogP contribution is -1.95. The molecule has 0 saturated heterocycles. The Balaban J connectivity index is 2.13. The number of H-pyrrole nitrogens is 2. The van der Waals surface area contributed by atoms with E-state index in [1.165, 1.54) is 55.6 Å². The molecule has 0 radical (unpaired) electrons. The average Bonchev–Trinajstić information content (AvgIpc) is 3.76. The number of fused-ring (bicyclic) bond motifs is 8. The lowest BCUT2D eigenvalue weighted by molar-refractivity contribution is 1.05. The van der Waals surface area contributed by atoms with Crippen LogP contribution in [0.4, 0.5) is 0 Å². The van der Waals surface area contributed by atoms with Crippen molar-refractivity contribution in [1.29, 1.82) is 0 Å². The van der Waals surface area contributed by atoms with Crippen LogP contribution < -0.4 is 0 Å². The standard InChI is InChI=1S/C36H45ClN4/c1-9-21-22(10-2)35-31(37)36-26(14-6)25(13-5)34(41-36)28(16-8)33-24(12-4)23(11-3)32(40-33)27(15-7)29-18-17-20(38-29)19-30(21)39-35/h17-19,39-40H,9-16H2,1-8H3. The molecule has 8 bridgehead atoms. The minimum absolute atomic E-state index is 0.728. The van der Waals surface area contributed by atoms with E-state index in [1.807, 2.05) is 0 Å². The van der Waals surface area contributed by atoms with E-state index in [0.717, 1.165) is 90.2 Å². The van der Waals surface area contributed by atoms with Gasteiger partial charge in [0.1, 0.15) is 0 Å². The third-order valence-corrected chi connectivity index (χ3v) is 9.40. The summed E-state index contributed by atoms with van der Waals surface area (Å²) in [5.74, 6) is 0. The van der Waals surface area contributed by atoms with Gasteiger partial charge in [-0.25, -0.2) is 9.97 Å². The molecule has 2 N–H and O–H groups in total. The van der Waals surface area contributed by atoms with Gasteiger partial charge in [0.15, 0.2) is 0 Å². The molecule has 4 nitrogen and oxygen atoms in total. The smallest absolute Gasteiger partial charge is 0.0903 e. The second kappa shape index (κ2) is 12.0. The fraction of sp³-hybridized carbons (Fsp3) is 0.444. The predicted octanol–water partition coefficient (Wildman–Crippen LogP) is 10.2. The molecule has 3 aromatic rings. The van der Waals surface area contributed by atoms with Gasteiger partial charge in [0.05, 0.1) is 33.3 Å². The molecule has 0 saturated carbocycles. The number of nitrogens with one attached hydrogen (secondary N) is 2. The first kappa shape index (κ1) is 29.4. The Hall–Kier alpha value is -3.11. The van der Waals surface area contributed by atoms with Gasteiger partial charge < -0.3 is 9.97 Å². The van der Waals surface area contributed by atoms with Gasteiger partial charge in [0, 0.05) is 27.7 Å². The van der Waals surface area contributed by atoms with Crippen molar-refractivity contribution in [3.63, 3.8) is 0 Å². The molecule has 5 heterocycles. The van der Waals surface area contributed by atoms with Gasteiger partial charge in [0.2, 0.25) is 0 Å². The van der Waals surface area contributed by atoms with Crippen LogP contribution in [0.5, 0.6) is 0 Å². The third kappa shape index (κ3) is 4.69. The SMILES string of the molecule is CCC1=C(CC)c2nc1c(Cl)c1[nH]c(cc3nc(c(CC)c4[nH]c(c2CC)c(CC)c4CC)C=C3)c(CC)c1CC.